The van der Waals surface area contributed by atoms with Crippen LogP contribution in [0.5, 0.6) is 11.5 Å². The van der Waals surface area contributed by atoms with E-state index in [1.54, 1.807) is 43.3 Å². The summed E-state index contributed by atoms with van der Waals surface area (Å²) in [6.45, 7) is 3.99. The van der Waals surface area contributed by atoms with E-state index in [0.717, 1.165) is 5.56 Å². The Kier molecular flexibility index (Phi) is 6.55. The van der Waals surface area contributed by atoms with Crippen LogP contribution in [0.15, 0.2) is 53.6 Å². The first-order valence-corrected chi connectivity index (χ1v) is 7.82. The third-order valence-electron chi connectivity index (χ3n) is 3.29. The van der Waals surface area contributed by atoms with Crippen molar-refractivity contribution in [2.75, 3.05) is 13.2 Å². The van der Waals surface area contributed by atoms with Crippen molar-refractivity contribution in [3.8, 4) is 17.6 Å². The molecule has 2 aromatic rings. The molecule has 2 rings (SSSR count). The number of nitrogens with zero attached hydrogens (tertiary/aromatic N) is 2. The van der Waals surface area contributed by atoms with E-state index in [-0.39, 0.29) is 12.5 Å². The van der Waals surface area contributed by atoms with Gasteiger partial charge in [0, 0.05) is 0 Å². The molecule has 0 saturated carbocycles. The van der Waals surface area contributed by atoms with E-state index < -0.39 is 0 Å². The lowest BCUT2D eigenvalue weighted by Crippen LogP contribution is -2.25. The number of hydrogen-bond acceptors (Lipinski definition) is 5. The number of carbonyl (C=O) groups is 1. The Balaban J connectivity index is 1.90. The first-order chi connectivity index (χ1) is 12.1. The quantitative estimate of drug-likeness (QED) is 0.622. The first-order valence-electron chi connectivity index (χ1n) is 7.82. The zero-order chi connectivity index (χ0) is 18.1. The molecule has 0 aliphatic carbocycles. The number of nitrogens with one attached hydrogen (secondary N) is 1. The minimum absolute atomic E-state index is 0.172. The van der Waals surface area contributed by atoms with Crippen molar-refractivity contribution >= 4 is 11.6 Å². The van der Waals surface area contributed by atoms with Crippen molar-refractivity contribution in [2.45, 2.75) is 13.8 Å². The number of amides is 1. The molecule has 0 fully saturated rings. The van der Waals surface area contributed by atoms with Crippen molar-refractivity contribution in [1.29, 1.82) is 5.26 Å². The van der Waals surface area contributed by atoms with E-state index >= 15 is 0 Å². The van der Waals surface area contributed by atoms with E-state index in [1.165, 1.54) is 0 Å². The molecule has 0 unspecified atom stereocenters. The zero-order valence-electron chi connectivity index (χ0n) is 14.2. The summed E-state index contributed by atoms with van der Waals surface area (Å²) in [4.78, 5) is 11.9. The molecule has 2 aromatic carbocycles. The smallest absolute Gasteiger partial charge is 0.277 e. The Morgan fingerprint density at radius 1 is 1.12 bits per heavy atom. The highest BCUT2D eigenvalue weighted by molar-refractivity contribution is 5.99. The molecule has 1 amide bonds. The summed E-state index contributed by atoms with van der Waals surface area (Å²) in [7, 11) is 0. The molecule has 0 atom stereocenters. The molecule has 6 nitrogen and oxygen atoms in total. The summed E-state index contributed by atoms with van der Waals surface area (Å²) < 4.78 is 10.9. The normalized spacial score (nSPS) is 10.7. The summed E-state index contributed by atoms with van der Waals surface area (Å²) in [6.07, 6.45) is 0. The van der Waals surface area contributed by atoms with E-state index in [2.05, 4.69) is 16.6 Å². The van der Waals surface area contributed by atoms with E-state index in [9.17, 15) is 4.79 Å². The molecular formula is C19H19N3O3. The van der Waals surface area contributed by atoms with Crippen molar-refractivity contribution < 1.29 is 14.3 Å². The zero-order valence-corrected chi connectivity index (χ0v) is 14.2. The van der Waals surface area contributed by atoms with Gasteiger partial charge in [-0.15, -0.1) is 0 Å². The first kappa shape index (κ1) is 18.0. The summed E-state index contributed by atoms with van der Waals surface area (Å²) in [5.41, 5.74) is 4.47. The van der Waals surface area contributed by atoms with Crippen LogP contribution in [0, 0.1) is 11.3 Å². The molecule has 0 aliphatic heterocycles. The summed E-state index contributed by atoms with van der Waals surface area (Å²) >= 11 is 0. The fourth-order valence-corrected chi connectivity index (χ4v) is 2.02. The SMILES string of the molecule is CCOc1ccccc1OCC(=O)N/N=C(\C)c1ccc(C#N)cc1. The number of rotatable bonds is 7. The van der Waals surface area contributed by atoms with Crippen LogP contribution in [-0.4, -0.2) is 24.8 Å². The van der Waals surface area contributed by atoms with Gasteiger partial charge in [0.1, 0.15) is 0 Å². The number of nitriles is 1. The van der Waals surface area contributed by atoms with Gasteiger partial charge < -0.3 is 9.47 Å². The van der Waals surface area contributed by atoms with Crippen molar-refractivity contribution in [3.05, 3.63) is 59.7 Å². The van der Waals surface area contributed by atoms with Gasteiger partial charge in [-0.3, -0.25) is 4.79 Å². The van der Waals surface area contributed by atoms with Gasteiger partial charge in [0.05, 0.1) is 24.0 Å². The number of hydrogen-bond donors (Lipinski definition) is 1. The number of carbonyl (C=O) groups excluding carboxylic acids is 1. The average Bonchev–Trinajstić information content (AvgIpc) is 2.65. The molecule has 128 valence electrons. The highest BCUT2D eigenvalue weighted by Gasteiger charge is 2.07. The summed E-state index contributed by atoms with van der Waals surface area (Å²) in [5, 5.41) is 12.8. The summed E-state index contributed by atoms with van der Waals surface area (Å²) in [5.74, 6) is 0.724. The Labute approximate surface area is 146 Å². The topological polar surface area (TPSA) is 83.7 Å². The van der Waals surface area contributed by atoms with Gasteiger partial charge in [0.15, 0.2) is 18.1 Å². The molecule has 0 spiro atoms. The van der Waals surface area contributed by atoms with Gasteiger partial charge in [-0.2, -0.15) is 10.4 Å². The largest absolute Gasteiger partial charge is 0.490 e. The maximum absolute atomic E-state index is 11.9. The average molecular weight is 337 g/mol. The van der Waals surface area contributed by atoms with Crippen molar-refractivity contribution in [1.82, 2.24) is 5.43 Å². The van der Waals surface area contributed by atoms with E-state index in [4.69, 9.17) is 14.7 Å². The lowest BCUT2D eigenvalue weighted by Gasteiger charge is -2.10. The van der Waals surface area contributed by atoms with Gasteiger partial charge in [-0.25, -0.2) is 5.43 Å². The van der Waals surface area contributed by atoms with Gasteiger partial charge >= 0.3 is 0 Å². The van der Waals surface area contributed by atoms with Crippen molar-refractivity contribution in [2.24, 2.45) is 5.10 Å². The summed E-state index contributed by atoms with van der Waals surface area (Å²) in [6, 6.07) is 16.2. The van der Waals surface area contributed by atoms with E-state index in [1.807, 2.05) is 19.1 Å². The second-order valence-electron chi connectivity index (χ2n) is 5.09. The number of benzene rings is 2. The lowest BCUT2D eigenvalue weighted by atomic mass is 10.1. The van der Waals surface area contributed by atoms with Crippen molar-refractivity contribution in [3.63, 3.8) is 0 Å². The standard InChI is InChI=1S/C19H19N3O3/c1-3-24-17-6-4-5-7-18(17)25-13-19(23)22-21-14(2)16-10-8-15(12-20)9-11-16/h4-11H,3,13H2,1-2H3,(H,22,23)/b21-14+. The molecular weight excluding hydrogens is 318 g/mol. The molecule has 0 heterocycles. The molecule has 0 bridgehead atoms. The third-order valence-corrected chi connectivity index (χ3v) is 3.29. The Hall–Kier alpha value is -3.33. The molecule has 0 saturated heterocycles. The maximum Gasteiger partial charge on any atom is 0.277 e. The van der Waals surface area contributed by atoms with Gasteiger partial charge in [-0.1, -0.05) is 24.3 Å². The molecule has 6 heteroatoms. The van der Waals surface area contributed by atoms with Crippen LogP contribution in [0.4, 0.5) is 0 Å². The molecule has 1 N–H and O–H groups in total. The Bertz CT molecular complexity index is 792. The Morgan fingerprint density at radius 3 is 2.36 bits per heavy atom. The lowest BCUT2D eigenvalue weighted by molar-refractivity contribution is -0.123. The molecule has 0 aliphatic rings. The second kappa shape index (κ2) is 9.08. The minimum Gasteiger partial charge on any atom is -0.490 e. The number of ether oxygens (including phenoxy) is 2. The predicted molar refractivity (Wildman–Crippen MR) is 94.6 cm³/mol. The van der Waals surface area contributed by atoms with Gasteiger partial charge in [0.25, 0.3) is 5.91 Å². The molecule has 0 aromatic heterocycles. The van der Waals surface area contributed by atoms with Crippen LogP contribution in [0.1, 0.15) is 25.0 Å². The van der Waals surface area contributed by atoms with Crippen LogP contribution in [-0.2, 0) is 4.79 Å². The predicted octanol–water partition coefficient (Wildman–Crippen LogP) is 2.88. The monoisotopic (exact) mass is 337 g/mol. The van der Waals surface area contributed by atoms with Crippen LogP contribution < -0.4 is 14.9 Å². The fourth-order valence-electron chi connectivity index (χ4n) is 2.02. The molecule has 0 radical (unpaired) electrons. The molecule has 25 heavy (non-hydrogen) atoms. The Morgan fingerprint density at radius 2 is 1.76 bits per heavy atom. The van der Waals surface area contributed by atoms with Crippen LogP contribution in [0.3, 0.4) is 0 Å². The number of para-hydroxylation sites is 2. The van der Waals surface area contributed by atoms with Crippen LogP contribution in [0.2, 0.25) is 0 Å². The van der Waals surface area contributed by atoms with E-state index in [0.29, 0.717) is 29.4 Å². The third kappa shape index (κ3) is 5.36. The second-order valence-corrected chi connectivity index (χ2v) is 5.09. The van der Waals surface area contributed by atoms with Gasteiger partial charge in [0.2, 0.25) is 0 Å². The van der Waals surface area contributed by atoms with Crippen LogP contribution >= 0.6 is 0 Å². The fraction of sp³-hybridized carbons (Fsp3) is 0.211. The van der Waals surface area contributed by atoms with Crippen LogP contribution in [0.25, 0.3) is 0 Å². The highest BCUT2D eigenvalue weighted by Crippen LogP contribution is 2.26. The highest BCUT2D eigenvalue weighted by atomic mass is 16.5. The maximum atomic E-state index is 11.9. The van der Waals surface area contributed by atoms with Gasteiger partial charge in [-0.05, 0) is 43.7 Å². The number of hydrazone groups is 1. The minimum atomic E-state index is -0.376.